The van der Waals surface area contributed by atoms with Gasteiger partial charge in [-0.05, 0) is 38.3 Å². The number of fused-ring (bicyclic) bond motifs is 3. The molecule has 5 nitrogen and oxygen atoms in total. The summed E-state index contributed by atoms with van der Waals surface area (Å²) in [6.45, 7) is 4.93. The van der Waals surface area contributed by atoms with Crippen molar-refractivity contribution >= 4 is 12.4 Å². The third kappa shape index (κ3) is 1.82. The van der Waals surface area contributed by atoms with Gasteiger partial charge in [-0.25, -0.2) is 4.79 Å². The van der Waals surface area contributed by atoms with Crippen LogP contribution < -0.4 is 0 Å². The van der Waals surface area contributed by atoms with Crippen LogP contribution in [0, 0.1) is 5.92 Å². The predicted molar refractivity (Wildman–Crippen MR) is 62.6 cm³/mol. The number of carboxylic acid groups (broad SMARTS) is 1. The van der Waals surface area contributed by atoms with Gasteiger partial charge in [0.05, 0.1) is 0 Å². The van der Waals surface area contributed by atoms with Crippen LogP contribution in [0.25, 0.3) is 0 Å². The van der Waals surface area contributed by atoms with Gasteiger partial charge in [0.1, 0.15) is 0 Å². The SMILES string of the molecule is CCCN(C=O)C1(C(=O)O)CN2CCC1CC2. The van der Waals surface area contributed by atoms with Crippen LogP contribution in [0.1, 0.15) is 26.2 Å². The number of amides is 1. The molecule has 17 heavy (non-hydrogen) atoms. The van der Waals surface area contributed by atoms with Crippen molar-refractivity contribution in [3.05, 3.63) is 0 Å². The Bertz CT molecular complexity index is 313. The quantitative estimate of drug-likeness (QED) is 0.707. The Labute approximate surface area is 101 Å². The summed E-state index contributed by atoms with van der Waals surface area (Å²) in [5.74, 6) is -0.728. The highest BCUT2D eigenvalue weighted by molar-refractivity contribution is 5.83. The minimum absolute atomic E-state index is 0.113. The van der Waals surface area contributed by atoms with Crippen molar-refractivity contribution in [1.82, 2.24) is 9.80 Å². The average Bonchev–Trinajstić information content (AvgIpc) is 2.36. The summed E-state index contributed by atoms with van der Waals surface area (Å²) in [6.07, 6.45) is 3.29. The number of hydrogen-bond acceptors (Lipinski definition) is 3. The van der Waals surface area contributed by atoms with E-state index in [2.05, 4.69) is 4.90 Å². The van der Waals surface area contributed by atoms with Crippen LogP contribution in [0.3, 0.4) is 0 Å². The van der Waals surface area contributed by atoms with E-state index in [1.54, 1.807) is 0 Å². The molecule has 1 atom stereocenters. The Balaban J connectivity index is 2.31. The monoisotopic (exact) mass is 240 g/mol. The predicted octanol–water partition coefficient (Wildman–Crippen LogP) is 0.404. The molecule has 0 aromatic rings. The lowest BCUT2D eigenvalue weighted by Crippen LogP contribution is -2.70. The minimum atomic E-state index is -0.978. The van der Waals surface area contributed by atoms with Crippen molar-refractivity contribution < 1.29 is 14.7 Å². The Morgan fingerprint density at radius 1 is 1.53 bits per heavy atom. The van der Waals surface area contributed by atoms with E-state index in [-0.39, 0.29) is 5.92 Å². The molecule has 0 saturated carbocycles. The first kappa shape index (κ1) is 12.4. The molecular weight excluding hydrogens is 220 g/mol. The van der Waals surface area contributed by atoms with Gasteiger partial charge in [0, 0.05) is 13.1 Å². The molecule has 0 radical (unpaired) electrons. The van der Waals surface area contributed by atoms with Crippen molar-refractivity contribution in [2.75, 3.05) is 26.2 Å². The van der Waals surface area contributed by atoms with E-state index >= 15 is 0 Å². The Morgan fingerprint density at radius 2 is 2.18 bits per heavy atom. The maximum absolute atomic E-state index is 11.7. The molecule has 3 aliphatic rings. The molecule has 2 bridgehead atoms. The van der Waals surface area contributed by atoms with Crippen molar-refractivity contribution in [3.8, 4) is 0 Å². The molecule has 1 amide bonds. The van der Waals surface area contributed by atoms with Crippen LogP contribution in [0.4, 0.5) is 0 Å². The fourth-order valence-electron chi connectivity index (χ4n) is 3.32. The lowest BCUT2D eigenvalue weighted by molar-refractivity contribution is -0.170. The van der Waals surface area contributed by atoms with Gasteiger partial charge in [-0.1, -0.05) is 6.92 Å². The number of carboxylic acids is 1. The van der Waals surface area contributed by atoms with Gasteiger partial charge in [-0.15, -0.1) is 0 Å². The van der Waals surface area contributed by atoms with Crippen LogP contribution in [-0.2, 0) is 9.59 Å². The summed E-state index contributed by atoms with van der Waals surface area (Å²) in [5.41, 5.74) is -0.978. The molecule has 0 aliphatic carbocycles. The van der Waals surface area contributed by atoms with Gasteiger partial charge >= 0.3 is 5.97 Å². The second-order valence-electron chi connectivity index (χ2n) is 5.08. The van der Waals surface area contributed by atoms with E-state index in [4.69, 9.17) is 0 Å². The van der Waals surface area contributed by atoms with Gasteiger partial charge in [0.15, 0.2) is 5.54 Å². The van der Waals surface area contributed by atoms with Gasteiger partial charge < -0.3 is 14.9 Å². The Morgan fingerprint density at radius 3 is 2.53 bits per heavy atom. The normalized spacial score (nSPS) is 35.6. The molecular formula is C12H20N2O3. The van der Waals surface area contributed by atoms with Crippen molar-refractivity contribution in [2.24, 2.45) is 5.92 Å². The summed E-state index contributed by atoms with van der Waals surface area (Å²) in [5, 5.41) is 9.61. The lowest BCUT2D eigenvalue weighted by atomic mass is 9.71. The second-order valence-corrected chi connectivity index (χ2v) is 5.08. The topological polar surface area (TPSA) is 60.9 Å². The molecule has 3 saturated heterocycles. The molecule has 1 N–H and O–H groups in total. The number of rotatable bonds is 5. The fourth-order valence-corrected chi connectivity index (χ4v) is 3.32. The highest BCUT2D eigenvalue weighted by atomic mass is 16.4. The molecule has 3 heterocycles. The number of piperidine rings is 3. The van der Waals surface area contributed by atoms with Crippen molar-refractivity contribution in [2.45, 2.75) is 31.7 Å². The highest BCUT2D eigenvalue weighted by Crippen LogP contribution is 2.39. The molecule has 0 aromatic carbocycles. The highest BCUT2D eigenvalue weighted by Gasteiger charge is 2.55. The van der Waals surface area contributed by atoms with Crippen LogP contribution in [-0.4, -0.2) is 59.0 Å². The first-order valence-corrected chi connectivity index (χ1v) is 6.33. The molecule has 3 rings (SSSR count). The molecule has 5 heteroatoms. The number of nitrogens with zero attached hydrogens (tertiary/aromatic N) is 2. The molecule has 3 fully saturated rings. The van der Waals surface area contributed by atoms with Crippen LogP contribution in [0.15, 0.2) is 0 Å². The number of carbonyl (C=O) groups is 2. The fraction of sp³-hybridized carbons (Fsp3) is 0.833. The standard InChI is InChI=1S/C12H20N2O3/c1-2-5-14(9-15)12(11(16)17)8-13-6-3-10(12)4-7-13/h9-10H,2-8H2,1H3,(H,16,17). The second kappa shape index (κ2) is 4.64. The zero-order valence-corrected chi connectivity index (χ0v) is 10.3. The Hall–Kier alpha value is -1.10. The van der Waals surface area contributed by atoms with E-state index in [9.17, 15) is 14.7 Å². The van der Waals surface area contributed by atoms with Crippen LogP contribution >= 0.6 is 0 Å². The number of carbonyl (C=O) groups excluding carboxylic acids is 1. The van der Waals surface area contributed by atoms with E-state index in [1.807, 2.05) is 6.92 Å². The van der Waals surface area contributed by atoms with E-state index < -0.39 is 11.5 Å². The zero-order valence-electron chi connectivity index (χ0n) is 10.3. The minimum Gasteiger partial charge on any atom is -0.479 e. The van der Waals surface area contributed by atoms with Crippen molar-refractivity contribution in [3.63, 3.8) is 0 Å². The summed E-state index contributed by atoms with van der Waals surface area (Å²) in [7, 11) is 0. The molecule has 0 spiro atoms. The van der Waals surface area contributed by atoms with E-state index in [0.29, 0.717) is 13.1 Å². The molecule has 1 unspecified atom stereocenters. The molecule has 96 valence electrons. The van der Waals surface area contributed by atoms with E-state index in [0.717, 1.165) is 38.8 Å². The summed E-state index contributed by atoms with van der Waals surface area (Å²) < 4.78 is 0. The largest absolute Gasteiger partial charge is 0.479 e. The molecule has 3 aliphatic heterocycles. The first-order chi connectivity index (χ1) is 8.15. The van der Waals surface area contributed by atoms with E-state index in [1.165, 1.54) is 4.90 Å². The van der Waals surface area contributed by atoms with Crippen molar-refractivity contribution in [1.29, 1.82) is 0 Å². The maximum atomic E-state index is 11.7. The van der Waals surface area contributed by atoms with Gasteiger partial charge in [0.25, 0.3) is 0 Å². The lowest BCUT2D eigenvalue weighted by Gasteiger charge is -2.54. The summed E-state index contributed by atoms with van der Waals surface area (Å²) in [6, 6.07) is 0. The number of hydrogen-bond donors (Lipinski definition) is 1. The third-order valence-corrected chi connectivity index (χ3v) is 4.20. The third-order valence-electron chi connectivity index (χ3n) is 4.20. The van der Waals surface area contributed by atoms with Gasteiger partial charge in [-0.2, -0.15) is 0 Å². The Kier molecular flexibility index (Phi) is 3.38. The first-order valence-electron chi connectivity index (χ1n) is 6.33. The zero-order chi connectivity index (χ0) is 12.5. The number of aliphatic carboxylic acids is 1. The molecule has 0 aromatic heterocycles. The summed E-state index contributed by atoms with van der Waals surface area (Å²) in [4.78, 5) is 26.6. The summed E-state index contributed by atoms with van der Waals surface area (Å²) >= 11 is 0. The van der Waals surface area contributed by atoms with Gasteiger partial charge in [0.2, 0.25) is 6.41 Å². The maximum Gasteiger partial charge on any atom is 0.331 e. The smallest absolute Gasteiger partial charge is 0.331 e. The van der Waals surface area contributed by atoms with Crippen LogP contribution in [0.5, 0.6) is 0 Å². The van der Waals surface area contributed by atoms with Gasteiger partial charge in [-0.3, -0.25) is 4.79 Å². The average molecular weight is 240 g/mol. The van der Waals surface area contributed by atoms with Crippen LogP contribution in [0.2, 0.25) is 0 Å².